The van der Waals surface area contributed by atoms with Gasteiger partial charge in [0, 0.05) is 12.2 Å². The number of alkyl carbamates (subject to hydrolysis) is 1. The Balaban J connectivity index is 2.03. The fourth-order valence-corrected chi connectivity index (χ4v) is 2.55. The van der Waals surface area contributed by atoms with E-state index in [1.165, 1.54) is 24.3 Å². The van der Waals surface area contributed by atoms with Crippen molar-refractivity contribution in [3.05, 3.63) is 30.1 Å². The van der Waals surface area contributed by atoms with Crippen LogP contribution in [0.1, 0.15) is 40.0 Å². The van der Waals surface area contributed by atoms with Crippen LogP contribution in [0, 0.1) is 5.82 Å². The molecule has 1 aromatic carbocycles. The maximum atomic E-state index is 13.0. The Labute approximate surface area is 151 Å². The van der Waals surface area contributed by atoms with Gasteiger partial charge in [-0.1, -0.05) is 0 Å². The molecule has 0 spiro atoms. The van der Waals surface area contributed by atoms with Crippen molar-refractivity contribution in [1.29, 1.82) is 0 Å². The molecule has 1 fully saturated rings. The van der Waals surface area contributed by atoms with Crippen LogP contribution in [-0.4, -0.2) is 41.1 Å². The van der Waals surface area contributed by atoms with Gasteiger partial charge in [-0.25, -0.2) is 14.0 Å². The van der Waals surface area contributed by atoms with E-state index >= 15 is 0 Å². The number of urea groups is 1. The molecule has 4 amide bonds. The highest BCUT2D eigenvalue weighted by atomic mass is 19.1. The molecule has 0 unspecified atom stereocenters. The minimum Gasteiger partial charge on any atom is -0.444 e. The minimum absolute atomic E-state index is 0.248. The molecule has 0 bridgehead atoms. The molecule has 7 nitrogen and oxygen atoms in total. The molecule has 1 saturated heterocycles. The summed E-state index contributed by atoms with van der Waals surface area (Å²) in [6.07, 6.45) is 1.05. The Morgan fingerprint density at radius 2 is 1.85 bits per heavy atom. The molecule has 0 saturated carbocycles. The molecule has 1 atom stereocenters. The standard InChI is InChI=1S/C18H24FN3O4/c1-18(2,3)26-17(25)21-14-6-4-5-11-22(15(14)23)16(24)20-13-9-7-12(19)8-10-13/h7-10,14H,4-6,11H2,1-3H3,(H,20,24)(H,21,25)/t14-/m0/s1. The first-order valence-corrected chi connectivity index (χ1v) is 8.53. The Morgan fingerprint density at radius 1 is 1.19 bits per heavy atom. The molecule has 0 aliphatic carbocycles. The van der Waals surface area contributed by atoms with Crippen molar-refractivity contribution in [3.63, 3.8) is 0 Å². The number of carbonyl (C=O) groups excluding carboxylic acids is 3. The summed E-state index contributed by atoms with van der Waals surface area (Å²) in [5.41, 5.74) is -0.303. The Kier molecular flexibility index (Phi) is 6.18. The van der Waals surface area contributed by atoms with E-state index in [4.69, 9.17) is 4.74 Å². The Hall–Kier alpha value is -2.64. The summed E-state index contributed by atoms with van der Waals surface area (Å²) in [5, 5.41) is 5.10. The number of ether oxygens (including phenoxy) is 1. The van der Waals surface area contributed by atoms with E-state index in [0.717, 1.165) is 4.90 Å². The second kappa shape index (κ2) is 8.16. The second-order valence-electron chi connectivity index (χ2n) is 7.12. The van der Waals surface area contributed by atoms with Gasteiger partial charge >= 0.3 is 12.1 Å². The molecule has 8 heteroatoms. The van der Waals surface area contributed by atoms with Gasteiger partial charge in [0.05, 0.1) is 0 Å². The zero-order valence-corrected chi connectivity index (χ0v) is 15.2. The lowest BCUT2D eigenvalue weighted by molar-refractivity contribution is -0.129. The van der Waals surface area contributed by atoms with E-state index in [2.05, 4.69) is 10.6 Å². The third kappa shape index (κ3) is 5.72. The van der Waals surface area contributed by atoms with E-state index in [9.17, 15) is 18.8 Å². The number of benzene rings is 1. The largest absolute Gasteiger partial charge is 0.444 e. The lowest BCUT2D eigenvalue weighted by Gasteiger charge is -2.25. The van der Waals surface area contributed by atoms with E-state index in [1.54, 1.807) is 20.8 Å². The third-order valence-corrected chi connectivity index (χ3v) is 3.72. The van der Waals surface area contributed by atoms with Crippen LogP contribution in [0.5, 0.6) is 0 Å². The van der Waals surface area contributed by atoms with Gasteiger partial charge in [-0.05, 0) is 64.3 Å². The van der Waals surface area contributed by atoms with Gasteiger partial charge in [-0.2, -0.15) is 0 Å². The number of amides is 4. The highest BCUT2D eigenvalue weighted by Gasteiger charge is 2.33. The van der Waals surface area contributed by atoms with E-state index < -0.39 is 35.5 Å². The Morgan fingerprint density at radius 3 is 2.46 bits per heavy atom. The van der Waals surface area contributed by atoms with Gasteiger partial charge in [0.2, 0.25) is 0 Å². The van der Waals surface area contributed by atoms with Crippen LogP contribution in [0.15, 0.2) is 24.3 Å². The number of hydrogen-bond acceptors (Lipinski definition) is 4. The molecule has 1 aromatic rings. The summed E-state index contributed by atoms with van der Waals surface area (Å²) >= 11 is 0. The SMILES string of the molecule is CC(C)(C)OC(=O)N[C@H]1CCCCN(C(=O)Nc2ccc(F)cc2)C1=O. The lowest BCUT2D eigenvalue weighted by atomic mass is 10.1. The number of halogens is 1. The number of anilines is 1. The maximum Gasteiger partial charge on any atom is 0.408 e. The van der Waals surface area contributed by atoms with Gasteiger partial charge in [0.15, 0.2) is 0 Å². The van der Waals surface area contributed by atoms with Crippen molar-refractivity contribution in [2.24, 2.45) is 0 Å². The normalized spacial score (nSPS) is 18.1. The predicted octanol–water partition coefficient (Wildman–Crippen LogP) is 3.26. The summed E-state index contributed by atoms with van der Waals surface area (Å²) < 4.78 is 18.1. The smallest absolute Gasteiger partial charge is 0.408 e. The third-order valence-electron chi connectivity index (χ3n) is 3.72. The highest BCUT2D eigenvalue weighted by molar-refractivity contribution is 6.03. The lowest BCUT2D eigenvalue weighted by Crippen LogP contribution is -2.51. The van der Waals surface area contributed by atoms with Crippen LogP contribution < -0.4 is 10.6 Å². The summed E-state index contributed by atoms with van der Waals surface area (Å²) in [7, 11) is 0. The topological polar surface area (TPSA) is 87.7 Å². The predicted molar refractivity (Wildman–Crippen MR) is 94.1 cm³/mol. The zero-order valence-electron chi connectivity index (χ0n) is 15.2. The van der Waals surface area contributed by atoms with E-state index in [-0.39, 0.29) is 6.54 Å². The van der Waals surface area contributed by atoms with Crippen molar-refractivity contribution in [2.45, 2.75) is 51.7 Å². The highest BCUT2D eigenvalue weighted by Crippen LogP contribution is 2.16. The quantitative estimate of drug-likeness (QED) is 0.842. The number of nitrogens with one attached hydrogen (secondary N) is 2. The van der Waals surface area contributed by atoms with Crippen LogP contribution in [0.4, 0.5) is 19.7 Å². The Bertz CT molecular complexity index is 670. The molecule has 142 valence electrons. The summed E-state index contributed by atoms with van der Waals surface area (Å²) in [6.45, 7) is 5.43. The molecule has 1 aliphatic rings. The monoisotopic (exact) mass is 365 g/mol. The van der Waals surface area contributed by atoms with Crippen molar-refractivity contribution in [1.82, 2.24) is 10.2 Å². The average Bonchev–Trinajstić information content (AvgIpc) is 2.70. The molecule has 1 heterocycles. The van der Waals surface area contributed by atoms with E-state index in [1.807, 2.05) is 0 Å². The molecule has 2 N–H and O–H groups in total. The van der Waals surface area contributed by atoms with Crippen LogP contribution in [0.25, 0.3) is 0 Å². The molecular formula is C18H24FN3O4. The summed E-state index contributed by atoms with van der Waals surface area (Å²) in [5.74, 6) is -0.913. The summed E-state index contributed by atoms with van der Waals surface area (Å²) in [4.78, 5) is 38.1. The van der Waals surface area contributed by atoms with Crippen molar-refractivity contribution < 1.29 is 23.5 Å². The number of imide groups is 1. The van der Waals surface area contributed by atoms with Crippen LogP contribution >= 0.6 is 0 Å². The number of carbonyl (C=O) groups is 3. The molecule has 26 heavy (non-hydrogen) atoms. The van der Waals surface area contributed by atoms with Gasteiger partial charge in [0.25, 0.3) is 5.91 Å². The number of likely N-dealkylation sites (tertiary alicyclic amines) is 1. The first-order valence-electron chi connectivity index (χ1n) is 8.53. The van der Waals surface area contributed by atoms with Crippen molar-refractivity contribution in [2.75, 3.05) is 11.9 Å². The van der Waals surface area contributed by atoms with Gasteiger partial charge in [-0.3, -0.25) is 9.69 Å². The summed E-state index contributed by atoms with van der Waals surface area (Å²) in [6, 6.07) is 3.81. The fraction of sp³-hybridized carbons (Fsp3) is 0.500. The number of rotatable bonds is 2. The number of hydrogen-bond donors (Lipinski definition) is 2. The first kappa shape index (κ1) is 19.7. The molecule has 0 radical (unpaired) electrons. The van der Waals surface area contributed by atoms with Crippen LogP contribution in [0.2, 0.25) is 0 Å². The van der Waals surface area contributed by atoms with Crippen molar-refractivity contribution in [3.8, 4) is 0 Å². The van der Waals surface area contributed by atoms with Gasteiger partial charge in [-0.15, -0.1) is 0 Å². The van der Waals surface area contributed by atoms with Gasteiger partial charge in [0.1, 0.15) is 17.5 Å². The van der Waals surface area contributed by atoms with Crippen molar-refractivity contribution >= 4 is 23.7 Å². The molecule has 2 rings (SSSR count). The molecular weight excluding hydrogens is 341 g/mol. The molecule has 0 aromatic heterocycles. The van der Waals surface area contributed by atoms with Crippen LogP contribution in [-0.2, 0) is 9.53 Å². The van der Waals surface area contributed by atoms with Crippen LogP contribution in [0.3, 0.4) is 0 Å². The fourth-order valence-electron chi connectivity index (χ4n) is 2.55. The minimum atomic E-state index is -0.827. The average molecular weight is 365 g/mol. The number of nitrogens with zero attached hydrogens (tertiary/aromatic N) is 1. The first-order chi connectivity index (χ1) is 12.2. The zero-order chi connectivity index (χ0) is 19.3. The molecule has 1 aliphatic heterocycles. The maximum absolute atomic E-state index is 13.0. The van der Waals surface area contributed by atoms with Gasteiger partial charge < -0.3 is 15.4 Å². The van der Waals surface area contributed by atoms with E-state index in [0.29, 0.717) is 24.9 Å². The second-order valence-corrected chi connectivity index (χ2v) is 7.12.